The minimum Gasteiger partial charge on any atom is -0.477 e. The zero-order valence-corrected chi connectivity index (χ0v) is 23.3. The smallest absolute Gasteiger partial charge is 0.331 e. The number of nitrogens with zero attached hydrogens (tertiary/aromatic N) is 3. The molecule has 0 spiro atoms. The summed E-state index contributed by atoms with van der Waals surface area (Å²) < 4.78 is 53.7. The maximum absolute atomic E-state index is 15.0. The molecule has 0 atom stereocenters. The van der Waals surface area contributed by atoms with E-state index in [0.717, 1.165) is 55.7 Å². The molecule has 0 bridgehead atoms. The molecule has 3 fully saturated rings. The molecule has 5 aliphatic rings. The van der Waals surface area contributed by atoms with Crippen LogP contribution in [-0.4, -0.2) is 99.2 Å². The Morgan fingerprint density at radius 2 is 1.70 bits per heavy atom. The number of ether oxygens (including phenoxy) is 2. The lowest BCUT2D eigenvalue weighted by Crippen LogP contribution is -2.53. The van der Waals surface area contributed by atoms with E-state index in [0.29, 0.717) is 43.0 Å². The first-order chi connectivity index (χ1) is 19.2. The monoisotopic (exact) mass is 577 g/mol. The number of sulfonamides is 1. The Bertz CT molecular complexity index is 1290. The van der Waals surface area contributed by atoms with E-state index in [2.05, 4.69) is 10.3 Å². The quantitative estimate of drug-likeness (QED) is 0.471. The van der Waals surface area contributed by atoms with Crippen LogP contribution < -0.4 is 14.8 Å². The molecule has 1 aromatic heterocycles. The van der Waals surface area contributed by atoms with Gasteiger partial charge in [-0.05, 0) is 61.9 Å². The van der Waals surface area contributed by atoms with Crippen molar-refractivity contribution in [3.8, 4) is 5.88 Å². The lowest BCUT2D eigenvalue weighted by atomic mass is 10.0. The molecule has 2 saturated heterocycles. The lowest BCUT2D eigenvalue weighted by Gasteiger charge is -2.30. The Balaban J connectivity index is 1.06. The number of pyridine rings is 1. The van der Waals surface area contributed by atoms with Crippen molar-refractivity contribution < 1.29 is 31.9 Å². The van der Waals surface area contributed by atoms with Crippen LogP contribution in [0.25, 0.3) is 0 Å². The SMILES string of the molecule is O=C(NS(=O)(=O)C1(F)CCNCC1)N1CC2=C(C1)CN(C(=O)c1cc(OCC3CCOCC3)nc(C3CC3)c1)C2. The highest BCUT2D eigenvalue weighted by molar-refractivity contribution is 7.91. The van der Waals surface area contributed by atoms with Gasteiger partial charge in [0.1, 0.15) is 0 Å². The van der Waals surface area contributed by atoms with Crippen molar-refractivity contribution in [2.75, 3.05) is 59.1 Å². The van der Waals surface area contributed by atoms with Gasteiger partial charge >= 0.3 is 6.03 Å². The number of nitrogens with one attached hydrogen (secondary N) is 2. The van der Waals surface area contributed by atoms with Gasteiger partial charge in [0.05, 0.1) is 6.61 Å². The maximum Gasteiger partial charge on any atom is 0.331 e. The van der Waals surface area contributed by atoms with E-state index < -0.39 is 21.1 Å². The summed E-state index contributed by atoms with van der Waals surface area (Å²) >= 11 is 0. The van der Waals surface area contributed by atoms with E-state index in [1.165, 1.54) is 4.90 Å². The highest BCUT2D eigenvalue weighted by atomic mass is 32.2. The number of urea groups is 1. The molecule has 40 heavy (non-hydrogen) atoms. The Morgan fingerprint density at radius 1 is 1.05 bits per heavy atom. The minimum atomic E-state index is -4.48. The summed E-state index contributed by atoms with van der Waals surface area (Å²) in [5.74, 6) is 1.12. The highest BCUT2D eigenvalue weighted by Gasteiger charge is 2.47. The fourth-order valence-corrected chi connectivity index (χ4v) is 7.10. The Morgan fingerprint density at radius 3 is 2.35 bits per heavy atom. The maximum atomic E-state index is 15.0. The van der Waals surface area contributed by atoms with E-state index in [-0.39, 0.29) is 44.9 Å². The Kier molecular flexibility index (Phi) is 7.47. The van der Waals surface area contributed by atoms with E-state index in [4.69, 9.17) is 9.47 Å². The van der Waals surface area contributed by atoms with Crippen molar-refractivity contribution in [3.05, 3.63) is 34.5 Å². The molecule has 0 aromatic carbocycles. The molecular formula is C27H36FN5O6S. The van der Waals surface area contributed by atoms with Crippen LogP contribution in [0.5, 0.6) is 5.88 Å². The van der Waals surface area contributed by atoms with Gasteiger partial charge in [0, 0.05) is 75.5 Å². The summed E-state index contributed by atoms with van der Waals surface area (Å²) in [5.41, 5.74) is 3.24. The first-order valence-electron chi connectivity index (χ1n) is 14.1. The second-order valence-electron chi connectivity index (χ2n) is 11.5. The normalized spacial score (nSPS) is 23.3. The third-order valence-electron chi connectivity index (χ3n) is 8.53. The number of carbonyl (C=O) groups excluding carboxylic acids is 2. The summed E-state index contributed by atoms with van der Waals surface area (Å²) in [6.45, 7) is 3.59. The van der Waals surface area contributed by atoms with Gasteiger partial charge in [-0.1, -0.05) is 0 Å². The molecular weight excluding hydrogens is 541 g/mol. The number of carbonyl (C=O) groups is 2. The summed E-state index contributed by atoms with van der Waals surface area (Å²) in [7, 11) is -4.48. The van der Waals surface area contributed by atoms with Crippen molar-refractivity contribution >= 4 is 22.0 Å². The van der Waals surface area contributed by atoms with Crippen LogP contribution in [0.15, 0.2) is 23.3 Å². The number of hydrogen-bond acceptors (Lipinski definition) is 8. The van der Waals surface area contributed by atoms with Crippen LogP contribution in [0, 0.1) is 5.92 Å². The third-order valence-corrected chi connectivity index (χ3v) is 10.3. The number of hydrogen-bond donors (Lipinski definition) is 2. The predicted molar refractivity (Wildman–Crippen MR) is 143 cm³/mol. The second kappa shape index (κ2) is 10.9. The molecule has 0 radical (unpaired) electrons. The van der Waals surface area contributed by atoms with Gasteiger partial charge in [-0.15, -0.1) is 0 Å². The van der Waals surface area contributed by atoms with Crippen LogP contribution >= 0.6 is 0 Å². The molecule has 0 unspecified atom stereocenters. The van der Waals surface area contributed by atoms with Crippen molar-refractivity contribution in [2.24, 2.45) is 5.92 Å². The molecule has 3 amide bonds. The molecule has 4 aliphatic heterocycles. The summed E-state index contributed by atoms with van der Waals surface area (Å²) in [6.07, 6.45) is 3.59. The molecule has 1 aliphatic carbocycles. The number of halogens is 1. The molecule has 6 rings (SSSR count). The second-order valence-corrected chi connectivity index (χ2v) is 13.5. The van der Waals surface area contributed by atoms with Gasteiger partial charge < -0.3 is 24.6 Å². The van der Waals surface area contributed by atoms with E-state index in [1.54, 1.807) is 11.0 Å². The van der Waals surface area contributed by atoms with E-state index in [9.17, 15) is 18.0 Å². The standard InChI is InChI=1S/C27H36FN5O6S/c28-27(5-7-29-8-6-27)40(36,37)31-26(35)33-15-21-13-32(14-22(21)16-33)25(34)20-11-23(19-1-2-19)30-24(12-20)39-17-18-3-9-38-10-4-18/h11-12,18-19,29H,1-10,13-17H2,(H,31,35). The molecule has 218 valence electrons. The van der Waals surface area contributed by atoms with Gasteiger partial charge in [0.25, 0.3) is 15.9 Å². The van der Waals surface area contributed by atoms with Gasteiger partial charge in [0.2, 0.25) is 10.9 Å². The minimum absolute atomic E-state index is 0.126. The highest BCUT2D eigenvalue weighted by Crippen LogP contribution is 2.40. The first-order valence-corrected chi connectivity index (χ1v) is 15.6. The molecule has 5 heterocycles. The van der Waals surface area contributed by atoms with Crippen molar-refractivity contribution in [2.45, 2.75) is 49.4 Å². The van der Waals surface area contributed by atoms with Crippen LogP contribution in [0.4, 0.5) is 9.18 Å². The number of rotatable bonds is 7. The number of aromatic nitrogens is 1. The average molecular weight is 578 g/mol. The van der Waals surface area contributed by atoms with E-state index in [1.807, 2.05) is 10.8 Å². The van der Waals surface area contributed by atoms with Crippen molar-refractivity contribution in [1.29, 1.82) is 0 Å². The summed E-state index contributed by atoms with van der Waals surface area (Å²) in [6, 6.07) is 2.75. The molecule has 11 nitrogen and oxygen atoms in total. The number of amides is 3. The summed E-state index contributed by atoms with van der Waals surface area (Å²) in [5, 5.41) is 0.458. The topological polar surface area (TPSA) is 130 Å². The van der Waals surface area contributed by atoms with Gasteiger partial charge in [-0.3, -0.25) is 4.79 Å². The number of alkyl halides is 1. The zero-order chi connectivity index (χ0) is 27.9. The summed E-state index contributed by atoms with van der Waals surface area (Å²) in [4.78, 5) is 34.0. The predicted octanol–water partition coefficient (Wildman–Crippen LogP) is 1.92. The van der Waals surface area contributed by atoms with Crippen LogP contribution in [-0.2, 0) is 14.8 Å². The fourth-order valence-electron chi connectivity index (χ4n) is 5.82. The van der Waals surface area contributed by atoms with Crippen LogP contribution in [0.3, 0.4) is 0 Å². The fraction of sp³-hybridized carbons (Fsp3) is 0.667. The van der Waals surface area contributed by atoms with Crippen molar-refractivity contribution in [3.63, 3.8) is 0 Å². The van der Waals surface area contributed by atoms with Crippen molar-refractivity contribution in [1.82, 2.24) is 24.8 Å². The zero-order valence-electron chi connectivity index (χ0n) is 22.5. The average Bonchev–Trinajstić information content (AvgIpc) is 3.61. The number of piperidine rings is 1. The Hall–Kier alpha value is -2.77. The lowest BCUT2D eigenvalue weighted by molar-refractivity contribution is 0.0490. The molecule has 13 heteroatoms. The first kappa shape index (κ1) is 27.4. The Labute approximate surface area is 233 Å². The van der Waals surface area contributed by atoms with Crippen LogP contribution in [0.2, 0.25) is 0 Å². The van der Waals surface area contributed by atoms with Gasteiger partial charge in [0.15, 0.2) is 0 Å². The third kappa shape index (κ3) is 5.68. The van der Waals surface area contributed by atoms with Gasteiger partial charge in [-0.2, -0.15) is 0 Å². The van der Waals surface area contributed by atoms with Crippen LogP contribution in [0.1, 0.15) is 60.5 Å². The van der Waals surface area contributed by atoms with Gasteiger partial charge in [-0.25, -0.2) is 27.3 Å². The largest absolute Gasteiger partial charge is 0.477 e. The molecule has 1 saturated carbocycles. The molecule has 1 aromatic rings. The van der Waals surface area contributed by atoms with E-state index >= 15 is 4.39 Å². The molecule has 2 N–H and O–H groups in total.